The van der Waals surface area contributed by atoms with Gasteiger partial charge in [0, 0.05) is 27.3 Å². The molecule has 15 heavy (non-hydrogen) atoms. The highest BCUT2D eigenvalue weighted by molar-refractivity contribution is 9.10. The van der Waals surface area contributed by atoms with Crippen LogP contribution >= 0.6 is 27.3 Å². The summed E-state index contributed by atoms with van der Waals surface area (Å²) >= 11 is 5.22. The van der Waals surface area contributed by atoms with E-state index in [1.165, 1.54) is 4.88 Å². The van der Waals surface area contributed by atoms with E-state index in [0.717, 1.165) is 22.4 Å². The molecule has 0 aliphatic heterocycles. The average molecular weight is 283 g/mol. The molecule has 0 radical (unpaired) electrons. The minimum Gasteiger partial charge on any atom is -0.399 e. The number of hydrogen-bond donors (Lipinski definition) is 2. The summed E-state index contributed by atoms with van der Waals surface area (Å²) in [5.74, 6) is 0. The molecule has 0 aliphatic rings. The Bertz CT molecular complexity index is 440. The van der Waals surface area contributed by atoms with E-state index in [1.54, 1.807) is 11.3 Å². The van der Waals surface area contributed by atoms with Gasteiger partial charge in [-0.05, 0) is 45.6 Å². The lowest BCUT2D eigenvalue weighted by Gasteiger charge is -2.07. The summed E-state index contributed by atoms with van der Waals surface area (Å²) in [6, 6.07) is 9.94. The van der Waals surface area contributed by atoms with Crippen molar-refractivity contribution in [2.24, 2.45) is 0 Å². The van der Waals surface area contributed by atoms with Crippen LogP contribution < -0.4 is 11.1 Å². The molecule has 1 aromatic heterocycles. The van der Waals surface area contributed by atoms with Gasteiger partial charge >= 0.3 is 0 Å². The van der Waals surface area contributed by atoms with Gasteiger partial charge in [-0.2, -0.15) is 0 Å². The van der Waals surface area contributed by atoms with Crippen LogP contribution in [0, 0.1) is 0 Å². The van der Waals surface area contributed by atoms with Crippen molar-refractivity contribution in [2.75, 3.05) is 11.1 Å². The molecule has 0 bridgehead atoms. The first kappa shape index (κ1) is 10.5. The van der Waals surface area contributed by atoms with Gasteiger partial charge in [0.25, 0.3) is 0 Å². The molecule has 2 rings (SSSR count). The molecule has 1 aromatic carbocycles. The Morgan fingerprint density at radius 1 is 1.33 bits per heavy atom. The molecule has 1 heterocycles. The zero-order chi connectivity index (χ0) is 10.7. The molecule has 2 nitrogen and oxygen atoms in total. The lowest BCUT2D eigenvalue weighted by Crippen LogP contribution is -1.98. The molecule has 0 atom stereocenters. The Morgan fingerprint density at radius 2 is 2.20 bits per heavy atom. The molecule has 0 saturated carbocycles. The average Bonchev–Trinajstić information content (AvgIpc) is 2.69. The number of halogens is 1. The number of nitrogens with two attached hydrogens (primary N) is 1. The van der Waals surface area contributed by atoms with Crippen molar-refractivity contribution < 1.29 is 0 Å². The van der Waals surface area contributed by atoms with Crippen LogP contribution in [-0.2, 0) is 6.54 Å². The van der Waals surface area contributed by atoms with Gasteiger partial charge in [0.2, 0.25) is 0 Å². The Hall–Kier alpha value is -1.00. The number of rotatable bonds is 3. The van der Waals surface area contributed by atoms with Gasteiger partial charge in [-0.1, -0.05) is 6.07 Å². The third kappa shape index (κ3) is 2.73. The van der Waals surface area contributed by atoms with Crippen molar-refractivity contribution in [1.82, 2.24) is 0 Å². The standard InChI is InChI=1S/C11H11BrN2S/c12-10-6-8(13)3-4-11(10)14-7-9-2-1-5-15-9/h1-6,14H,7,13H2. The van der Waals surface area contributed by atoms with E-state index in [4.69, 9.17) is 5.73 Å². The predicted molar refractivity (Wildman–Crippen MR) is 70.2 cm³/mol. The summed E-state index contributed by atoms with van der Waals surface area (Å²) < 4.78 is 0.999. The Balaban J connectivity index is 2.05. The minimum absolute atomic E-state index is 0.767. The van der Waals surface area contributed by atoms with Crippen LogP contribution in [0.3, 0.4) is 0 Å². The maximum Gasteiger partial charge on any atom is 0.0494 e. The van der Waals surface area contributed by atoms with E-state index in [0.29, 0.717) is 0 Å². The lowest BCUT2D eigenvalue weighted by atomic mass is 10.3. The molecule has 4 heteroatoms. The summed E-state index contributed by atoms with van der Waals surface area (Å²) in [6.45, 7) is 0.847. The molecule has 0 spiro atoms. The van der Waals surface area contributed by atoms with E-state index >= 15 is 0 Å². The van der Waals surface area contributed by atoms with E-state index in [1.807, 2.05) is 18.2 Å². The molecule has 2 aromatic rings. The monoisotopic (exact) mass is 282 g/mol. The van der Waals surface area contributed by atoms with Crippen molar-refractivity contribution in [2.45, 2.75) is 6.54 Å². The maximum atomic E-state index is 5.66. The second kappa shape index (κ2) is 4.68. The van der Waals surface area contributed by atoms with E-state index in [9.17, 15) is 0 Å². The zero-order valence-electron chi connectivity index (χ0n) is 8.03. The van der Waals surface area contributed by atoms with Crippen molar-refractivity contribution in [3.05, 3.63) is 45.1 Å². The topological polar surface area (TPSA) is 38.0 Å². The molecule has 0 amide bonds. The third-order valence-electron chi connectivity index (χ3n) is 2.03. The first-order valence-corrected chi connectivity index (χ1v) is 6.24. The molecular weight excluding hydrogens is 272 g/mol. The van der Waals surface area contributed by atoms with E-state index in [2.05, 4.69) is 38.8 Å². The fourth-order valence-electron chi connectivity index (χ4n) is 1.27. The maximum absolute atomic E-state index is 5.66. The molecule has 0 saturated heterocycles. The second-order valence-electron chi connectivity index (χ2n) is 3.17. The van der Waals surface area contributed by atoms with Gasteiger partial charge < -0.3 is 11.1 Å². The van der Waals surface area contributed by atoms with Crippen LogP contribution in [-0.4, -0.2) is 0 Å². The SMILES string of the molecule is Nc1ccc(NCc2cccs2)c(Br)c1. The van der Waals surface area contributed by atoms with E-state index < -0.39 is 0 Å². The summed E-state index contributed by atoms with van der Waals surface area (Å²) in [5, 5.41) is 5.43. The van der Waals surface area contributed by atoms with Crippen LogP contribution in [0.15, 0.2) is 40.2 Å². The highest BCUT2D eigenvalue weighted by Gasteiger charge is 2.00. The highest BCUT2D eigenvalue weighted by Crippen LogP contribution is 2.25. The zero-order valence-corrected chi connectivity index (χ0v) is 10.4. The lowest BCUT2D eigenvalue weighted by molar-refractivity contribution is 1.19. The van der Waals surface area contributed by atoms with Crippen LogP contribution in [0.1, 0.15) is 4.88 Å². The fourth-order valence-corrected chi connectivity index (χ4v) is 2.45. The summed E-state index contributed by atoms with van der Waals surface area (Å²) in [4.78, 5) is 1.32. The minimum atomic E-state index is 0.767. The number of hydrogen-bond acceptors (Lipinski definition) is 3. The Kier molecular flexibility index (Phi) is 3.28. The number of anilines is 2. The molecule has 0 fully saturated rings. The van der Waals surface area contributed by atoms with Gasteiger partial charge in [-0.15, -0.1) is 11.3 Å². The summed E-state index contributed by atoms with van der Waals surface area (Å²) in [5.41, 5.74) is 7.50. The van der Waals surface area contributed by atoms with Crippen LogP contribution in [0.25, 0.3) is 0 Å². The summed E-state index contributed by atoms with van der Waals surface area (Å²) in [6.07, 6.45) is 0. The number of benzene rings is 1. The predicted octanol–water partition coefficient (Wildman–Crippen LogP) is 3.70. The van der Waals surface area contributed by atoms with Crippen LogP contribution in [0.2, 0.25) is 0 Å². The molecule has 0 aliphatic carbocycles. The smallest absolute Gasteiger partial charge is 0.0494 e. The van der Waals surface area contributed by atoms with Gasteiger partial charge in [-0.25, -0.2) is 0 Å². The highest BCUT2D eigenvalue weighted by atomic mass is 79.9. The van der Waals surface area contributed by atoms with Gasteiger partial charge in [-0.3, -0.25) is 0 Å². The van der Waals surface area contributed by atoms with Crippen molar-refractivity contribution in [3.8, 4) is 0 Å². The second-order valence-corrected chi connectivity index (χ2v) is 5.06. The first-order chi connectivity index (χ1) is 7.25. The normalized spacial score (nSPS) is 10.2. The van der Waals surface area contributed by atoms with E-state index in [-0.39, 0.29) is 0 Å². The van der Waals surface area contributed by atoms with Crippen LogP contribution in [0.4, 0.5) is 11.4 Å². The van der Waals surface area contributed by atoms with Crippen molar-refractivity contribution in [3.63, 3.8) is 0 Å². The van der Waals surface area contributed by atoms with Gasteiger partial charge in [0.05, 0.1) is 0 Å². The van der Waals surface area contributed by atoms with Gasteiger partial charge in [0.1, 0.15) is 0 Å². The van der Waals surface area contributed by atoms with Crippen molar-refractivity contribution >= 4 is 38.6 Å². The third-order valence-corrected chi connectivity index (χ3v) is 3.56. The summed E-state index contributed by atoms with van der Waals surface area (Å²) in [7, 11) is 0. The van der Waals surface area contributed by atoms with Crippen LogP contribution in [0.5, 0.6) is 0 Å². The number of thiophene rings is 1. The first-order valence-electron chi connectivity index (χ1n) is 4.57. The molecule has 3 N–H and O–H groups in total. The molecule has 78 valence electrons. The Morgan fingerprint density at radius 3 is 2.87 bits per heavy atom. The van der Waals surface area contributed by atoms with Crippen molar-refractivity contribution in [1.29, 1.82) is 0 Å². The Labute approximate surface area is 101 Å². The van der Waals surface area contributed by atoms with Gasteiger partial charge in [0.15, 0.2) is 0 Å². The number of nitrogen functional groups attached to an aromatic ring is 1. The largest absolute Gasteiger partial charge is 0.399 e. The number of nitrogens with one attached hydrogen (secondary N) is 1. The molecular formula is C11H11BrN2S. The quantitative estimate of drug-likeness (QED) is 0.843. The molecule has 0 unspecified atom stereocenters. The fraction of sp³-hybridized carbons (Fsp3) is 0.0909.